The van der Waals surface area contributed by atoms with Crippen molar-refractivity contribution in [1.29, 1.82) is 0 Å². The van der Waals surface area contributed by atoms with Gasteiger partial charge in [-0.25, -0.2) is 0 Å². The van der Waals surface area contributed by atoms with Crippen molar-refractivity contribution >= 4 is 0 Å². The fraction of sp³-hybridized carbons (Fsp3) is 1.00. The highest BCUT2D eigenvalue weighted by Crippen LogP contribution is 2.39. The molecule has 88 valence electrons. The first-order valence-corrected chi connectivity index (χ1v) is 5.29. The fourth-order valence-corrected chi connectivity index (χ4v) is 2.28. The lowest BCUT2D eigenvalue weighted by molar-refractivity contribution is -0.176. The van der Waals surface area contributed by atoms with Gasteiger partial charge in [-0.2, -0.15) is 0 Å². The van der Waals surface area contributed by atoms with Crippen molar-refractivity contribution in [3.05, 3.63) is 0 Å². The van der Waals surface area contributed by atoms with Crippen LogP contribution in [-0.4, -0.2) is 53.6 Å². The van der Waals surface area contributed by atoms with E-state index in [0.29, 0.717) is 6.42 Å². The van der Waals surface area contributed by atoms with E-state index in [-0.39, 0.29) is 31.5 Å². The minimum atomic E-state index is -0.655. The first kappa shape index (κ1) is 11.3. The molecule has 5 nitrogen and oxygen atoms in total. The fourth-order valence-electron chi connectivity index (χ4n) is 2.28. The summed E-state index contributed by atoms with van der Waals surface area (Å²) in [4.78, 5) is 0. The molecular weight excluding hydrogens is 200 g/mol. The van der Waals surface area contributed by atoms with E-state index in [0.717, 1.165) is 0 Å². The second-order valence-electron chi connectivity index (χ2n) is 4.50. The van der Waals surface area contributed by atoms with E-state index in [1.165, 1.54) is 0 Å². The first-order valence-electron chi connectivity index (χ1n) is 5.29. The Bertz CT molecular complexity index is 230. The van der Waals surface area contributed by atoms with Crippen LogP contribution < -0.4 is 0 Å². The maximum atomic E-state index is 9.75. The van der Waals surface area contributed by atoms with E-state index >= 15 is 0 Å². The van der Waals surface area contributed by atoms with Crippen molar-refractivity contribution in [2.24, 2.45) is 0 Å². The van der Waals surface area contributed by atoms with Crippen LogP contribution in [0.25, 0.3) is 0 Å². The summed E-state index contributed by atoms with van der Waals surface area (Å²) in [5.41, 5.74) is 0. The van der Waals surface area contributed by atoms with Crippen molar-refractivity contribution in [3.8, 4) is 0 Å². The third-order valence-corrected chi connectivity index (χ3v) is 2.81. The van der Waals surface area contributed by atoms with Crippen molar-refractivity contribution in [1.82, 2.24) is 0 Å². The Morgan fingerprint density at radius 1 is 1.33 bits per heavy atom. The highest BCUT2D eigenvalue weighted by molar-refractivity contribution is 4.99. The molecule has 1 saturated heterocycles. The standard InChI is InChI=1S/C10H18O5/c1-10(2)14-8-6(12)5-7(9(8)15-10)13-4-3-11/h6-9,11-12H,3-5H2,1-2H3/t6-,7+,8+,9-/m1/s1. The molecule has 0 aromatic rings. The Morgan fingerprint density at radius 2 is 2.00 bits per heavy atom. The summed E-state index contributed by atoms with van der Waals surface area (Å²) in [5.74, 6) is -0.655. The summed E-state index contributed by atoms with van der Waals surface area (Å²) < 4.78 is 16.7. The molecule has 15 heavy (non-hydrogen) atoms. The van der Waals surface area contributed by atoms with Crippen LogP contribution in [0.2, 0.25) is 0 Å². The third kappa shape index (κ3) is 2.16. The van der Waals surface area contributed by atoms with Gasteiger partial charge in [0.05, 0.1) is 25.4 Å². The molecule has 1 aliphatic carbocycles. The van der Waals surface area contributed by atoms with Crippen molar-refractivity contribution in [3.63, 3.8) is 0 Å². The molecule has 5 heteroatoms. The van der Waals surface area contributed by atoms with Crippen LogP contribution in [0.3, 0.4) is 0 Å². The molecule has 2 N–H and O–H groups in total. The van der Waals surface area contributed by atoms with Crippen LogP contribution in [0, 0.1) is 0 Å². The molecule has 0 amide bonds. The van der Waals surface area contributed by atoms with Crippen molar-refractivity contribution in [2.45, 2.75) is 50.5 Å². The van der Waals surface area contributed by atoms with Gasteiger partial charge in [-0.1, -0.05) is 0 Å². The quantitative estimate of drug-likeness (QED) is 0.677. The monoisotopic (exact) mass is 218 g/mol. The molecule has 2 aliphatic rings. The van der Waals surface area contributed by atoms with E-state index < -0.39 is 11.9 Å². The van der Waals surface area contributed by atoms with Gasteiger partial charge in [0.15, 0.2) is 5.79 Å². The van der Waals surface area contributed by atoms with Crippen LogP contribution in [-0.2, 0) is 14.2 Å². The first-order chi connectivity index (χ1) is 7.03. The summed E-state index contributed by atoms with van der Waals surface area (Å²) in [6, 6.07) is 0. The molecule has 1 aliphatic heterocycles. The Balaban J connectivity index is 1.99. The Labute approximate surface area is 88.9 Å². The van der Waals surface area contributed by atoms with Gasteiger partial charge in [-0.15, -0.1) is 0 Å². The second-order valence-corrected chi connectivity index (χ2v) is 4.50. The second kappa shape index (κ2) is 3.99. The van der Waals surface area contributed by atoms with Gasteiger partial charge in [0.25, 0.3) is 0 Å². The van der Waals surface area contributed by atoms with Gasteiger partial charge in [-0.05, 0) is 13.8 Å². The van der Waals surface area contributed by atoms with Crippen LogP contribution in [0.4, 0.5) is 0 Å². The molecule has 0 aromatic carbocycles. The van der Waals surface area contributed by atoms with Gasteiger partial charge < -0.3 is 24.4 Å². The molecule has 1 saturated carbocycles. The van der Waals surface area contributed by atoms with E-state index in [9.17, 15) is 5.11 Å². The van der Waals surface area contributed by atoms with Crippen LogP contribution >= 0.6 is 0 Å². The minimum Gasteiger partial charge on any atom is -0.394 e. The number of aliphatic hydroxyl groups excluding tert-OH is 2. The minimum absolute atomic E-state index is 0.0196. The van der Waals surface area contributed by atoms with Crippen LogP contribution in [0.5, 0.6) is 0 Å². The van der Waals surface area contributed by atoms with Crippen LogP contribution in [0.15, 0.2) is 0 Å². The molecule has 2 rings (SSSR count). The number of hydrogen-bond acceptors (Lipinski definition) is 5. The molecular formula is C10H18O5. The summed E-state index contributed by atoms with van der Waals surface area (Å²) >= 11 is 0. The zero-order valence-electron chi connectivity index (χ0n) is 9.05. The van der Waals surface area contributed by atoms with Crippen molar-refractivity contribution in [2.75, 3.05) is 13.2 Å². The van der Waals surface area contributed by atoms with Gasteiger partial charge >= 0.3 is 0 Å². The van der Waals surface area contributed by atoms with E-state index in [2.05, 4.69) is 0 Å². The summed E-state index contributed by atoms with van der Waals surface area (Å²) in [7, 11) is 0. The zero-order chi connectivity index (χ0) is 11.1. The molecule has 4 atom stereocenters. The lowest BCUT2D eigenvalue weighted by Gasteiger charge is -2.22. The Kier molecular flexibility index (Phi) is 3.00. The van der Waals surface area contributed by atoms with Gasteiger partial charge in [0, 0.05) is 6.42 Å². The van der Waals surface area contributed by atoms with Gasteiger partial charge in [-0.3, -0.25) is 0 Å². The maximum Gasteiger partial charge on any atom is 0.164 e. The number of ether oxygens (including phenoxy) is 3. The SMILES string of the molecule is CC1(C)O[C@@H]2[C@H](O1)[C@@H](OCCO)C[C@H]2O. The Hall–Kier alpha value is -0.200. The Morgan fingerprint density at radius 3 is 2.67 bits per heavy atom. The van der Waals surface area contributed by atoms with Crippen LogP contribution in [0.1, 0.15) is 20.3 Å². The van der Waals surface area contributed by atoms with E-state index in [1.54, 1.807) is 0 Å². The summed E-state index contributed by atoms with van der Waals surface area (Å²) in [6.45, 7) is 3.89. The highest BCUT2D eigenvalue weighted by Gasteiger charge is 2.54. The van der Waals surface area contributed by atoms with Gasteiger partial charge in [0.1, 0.15) is 12.2 Å². The molecule has 0 radical (unpaired) electrons. The molecule has 0 unspecified atom stereocenters. The summed E-state index contributed by atoms with van der Waals surface area (Å²) in [5, 5.41) is 18.4. The number of aliphatic hydroxyl groups is 2. The zero-order valence-corrected chi connectivity index (χ0v) is 9.05. The lowest BCUT2D eigenvalue weighted by Crippen LogP contribution is -2.31. The lowest BCUT2D eigenvalue weighted by atomic mass is 10.2. The summed E-state index contributed by atoms with van der Waals surface area (Å²) in [6.07, 6.45) is -0.740. The highest BCUT2D eigenvalue weighted by atomic mass is 16.8. The number of fused-ring (bicyclic) bond motifs is 1. The van der Waals surface area contributed by atoms with E-state index in [1.807, 2.05) is 13.8 Å². The predicted octanol–water partition coefficient (Wildman–Crippen LogP) is -0.351. The average molecular weight is 218 g/mol. The third-order valence-electron chi connectivity index (χ3n) is 2.81. The molecule has 2 fully saturated rings. The topological polar surface area (TPSA) is 68.2 Å². The number of rotatable bonds is 3. The molecule has 0 aromatic heterocycles. The smallest absolute Gasteiger partial charge is 0.164 e. The van der Waals surface area contributed by atoms with E-state index in [4.69, 9.17) is 19.3 Å². The largest absolute Gasteiger partial charge is 0.394 e. The maximum absolute atomic E-state index is 9.75. The van der Waals surface area contributed by atoms with Crippen molar-refractivity contribution < 1.29 is 24.4 Å². The molecule has 0 bridgehead atoms. The van der Waals surface area contributed by atoms with Gasteiger partial charge in [0.2, 0.25) is 0 Å². The molecule has 1 heterocycles. The molecule has 0 spiro atoms. The predicted molar refractivity (Wildman–Crippen MR) is 51.3 cm³/mol. The average Bonchev–Trinajstić information content (AvgIpc) is 2.60. The normalized spacial score (nSPS) is 43.2. The number of hydrogen-bond donors (Lipinski definition) is 2.